The number of hydrogen-bond donors (Lipinski definition) is 7. The predicted molar refractivity (Wildman–Crippen MR) is 302 cm³/mol. The van der Waals surface area contributed by atoms with Crippen molar-refractivity contribution in [3.05, 3.63) is 65.8 Å². The Morgan fingerprint density at radius 3 is 2.26 bits per heavy atom. The fourth-order valence-electron chi connectivity index (χ4n) is 9.66. The maximum atomic E-state index is 13.7. The van der Waals surface area contributed by atoms with Crippen molar-refractivity contribution in [1.29, 1.82) is 0 Å². The number of epoxide rings is 1. The topological polar surface area (TPSA) is 309 Å². The van der Waals surface area contributed by atoms with E-state index in [2.05, 4.69) is 49.4 Å². The van der Waals surface area contributed by atoms with Gasteiger partial charge in [-0.3, -0.25) is 33.6 Å². The highest BCUT2D eigenvalue weighted by Crippen LogP contribution is 2.43. The number of alkyl carbamates (subject to hydrolysis) is 1. The van der Waals surface area contributed by atoms with Gasteiger partial charge in [0.2, 0.25) is 17.7 Å². The van der Waals surface area contributed by atoms with Gasteiger partial charge in [0.15, 0.2) is 11.6 Å². The van der Waals surface area contributed by atoms with Crippen LogP contribution in [0.3, 0.4) is 0 Å². The Kier molecular flexibility index (Phi) is 28.2. The smallest absolute Gasteiger partial charge is 0.407 e. The number of halogens is 1. The number of unbranched alkanes of at least 4 members (excludes halogenated alkanes) is 3. The van der Waals surface area contributed by atoms with Gasteiger partial charge in [-0.1, -0.05) is 85.5 Å². The molecule has 3 heterocycles. The molecule has 3 fully saturated rings. The fraction of sp³-hybridized carbons (Fsp3) is 0.638. The van der Waals surface area contributed by atoms with E-state index in [0.29, 0.717) is 61.7 Å². The maximum absolute atomic E-state index is 13.7. The van der Waals surface area contributed by atoms with Crippen LogP contribution in [-0.2, 0) is 63.9 Å². The zero-order valence-corrected chi connectivity index (χ0v) is 49.0. The Morgan fingerprint density at radius 2 is 1.61 bits per heavy atom. The van der Waals surface area contributed by atoms with Crippen LogP contribution in [-0.4, -0.2) is 138 Å². The highest BCUT2D eigenvalue weighted by molar-refractivity contribution is 9.09. The minimum atomic E-state index is -0.951. The molecule has 22 heteroatoms. The number of amides is 6. The zero-order valence-electron chi connectivity index (χ0n) is 47.4. The summed E-state index contributed by atoms with van der Waals surface area (Å²) >= 11 is 3.16. The number of hydrogen-bond acceptors (Lipinski definition) is 15. The molecule has 21 nitrogen and oxygen atoms in total. The van der Waals surface area contributed by atoms with Crippen LogP contribution in [0.5, 0.6) is 0 Å². The summed E-state index contributed by atoms with van der Waals surface area (Å²) < 4.78 is 28.6. The number of esters is 1. The molecule has 4 rings (SSSR count). The van der Waals surface area contributed by atoms with E-state index in [1.807, 2.05) is 39.8 Å². The van der Waals surface area contributed by atoms with Gasteiger partial charge in [0.05, 0.1) is 48.9 Å². The normalized spacial score (nSPS) is 23.9. The number of aliphatic hydroxyl groups is 1. The molecule has 6 amide bonds. The van der Waals surface area contributed by atoms with E-state index in [0.717, 1.165) is 24.8 Å². The van der Waals surface area contributed by atoms with E-state index in [-0.39, 0.29) is 105 Å². The summed E-state index contributed by atoms with van der Waals surface area (Å²) in [5.41, 5.74) is 6.31. The van der Waals surface area contributed by atoms with Crippen molar-refractivity contribution >= 4 is 74.8 Å². The molecule has 80 heavy (non-hydrogen) atoms. The van der Waals surface area contributed by atoms with E-state index >= 15 is 0 Å². The summed E-state index contributed by atoms with van der Waals surface area (Å²) in [5, 5.41) is 25.2. The minimum Gasteiger partial charge on any atom is -0.459 e. The van der Waals surface area contributed by atoms with Gasteiger partial charge in [-0.05, 0) is 94.9 Å². The number of nitrogens with two attached hydrogens (primary N) is 1. The molecule has 1 spiro atoms. The molecular weight excluding hydrogens is 1100 g/mol. The third-order valence-electron chi connectivity index (χ3n) is 14.3. The van der Waals surface area contributed by atoms with Crippen molar-refractivity contribution in [3.63, 3.8) is 0 Å². The highest BCUT2D eigenvalue weighted by atomic mass is 79.9. The summed E-state index contributed by atoms with van der Waals surface area (Å²) in [5.74, 6) is -2.80. The number of Topliss-reactive ketones (excluding diaryl/α,β-unsaturated/α-hetero) is 3. The van der Waals surface area contributed by atoms with Crippen LogP contribution < -0.4 is 32.3 Å². The number of carbonyl (C=O) groups excluding carboxylic acids is 9. The van der Waals surface area contributed by atoms with Gasteiger partial charge in [0.1, 0.15) is 36.3 Å². The second kappa shape index (κ2) is 33.8. The number of primary amides is 1. The lowest BCUT2D eigenvalue weighted by Gasteiger charge is -2.39. The molecular formula is C58H85BrN6O15. The number of rotatable bonds is 33. The molecule has 11 atom stereocenters. The Labute approximate surface area is 478 Å². The standard InChI is InChI=1S/C58H85BrN6O15/c1-35(2)53(65-51(70)15-11-9-8-10-14-44(67)31-59)48(69)28-42(13-12-26-61-56(60)74)55(73)63-43-21-19-41(20-22-43)33-76-57(75)62-32-45(68)29-46-30-58(34-77-58)54(72)50(80-46)24-17-36(3)16-23-49-37(4)27-47(39(6)79-49)64-52(71)25-18-38(5)78-40(7)66/h16-22,24-25,35,37-39,42,46-47,49-50,53-54,72H,8-15,23,26-34H2,1-7H3,(H,62,75)(H,63,73)(H,64,71)(H,65,70)(H3,60,61,74)/b24-17+,25-18-,36-16+/t37-,38-,39+,42+,46+,47+,49-,50+,53-,54+,58+/m0/s1. The quantitative estimate of drug-likeness (QED) is 0.0102. The van der Waals surface area contributed by atoms with Crippen LogP contribution in [0.4, 0.5) is 15.3 Å². The highest BCUT2D eigenvalue weighted by Gasteiger charge is 2.58. The van der Waals surface area contributed by atoms with Gasteiger partial charge in [0, 0.05) is 63.3 Å². The van der Waals surface area contributed by atoms with Crippen LogP contribution in [0.15, 0.2) is 60.2 Å². The molecule has 444 valence electrons. The van der Waals surface area contributed by atoms with E-state index < -0.39 is 66.0 Å². The molecule has 1 aromatic rings. The van der Waals surface area contributed by atoms with Crippen molar-refractivity contribution in [2.75, 3.05) is 30.3 Å². The second-order valence-corrected chi connectivity index (χ2v) is 22.2. The van der Waals surface area contributed by atoms with Crippen LogP contribution in [0, 0.1) is 17.8 Å². The first kappa shape index (κ1) is 66.7. The van der Waals surface area contributed by atoms with E-state index in [4.69, 9.17) is 29.4 Å². The van der Waals surface area contributed by atoms with E-state index in [9.17, 15) is 48.3 Å². The molecule has 3 aliphatic rings. The number of alkyl halides is 1. The van der Waals surface area contributed by atoms with Crippen LogP contribution in [0.2, 0.25) is 0 Å². The van der Waals surface area contributed by atoms with Gasteiger partial charge in [-0.15, -0.1) is 0 Å². The maximum Gasteiger partial charge on any atom is 0.407 e. The number of ketones is 3. The number of aliphatic hydroxyl groups excluding tert-OH is 1. The molecule has 0 aromatic heterocycles. The average molecular weight is 1190 g/mol. The summed E-state index contributed by atoms with van der Waals surface area (Å²) in [4.78, 5) is 112. The summed E-state index contributed by atoms with van der Waals surface area (Å²) in [6.45, 7) is 12.6. The Bertz CT molecular complexity index is 2360. The third kappa shape index (κ3) is 24.1. The lowest BCUT2D eigenvalue weighted by Crippen LogP contribution is -2.50. The summed E-state index contributed by atoms with van der Waals surface area (Å²) in [7, 11) is 0. The zero-order chi connectivity index (χ0) is 58.9. The van der Waals surface area contributed by atoms with Crippen LogP contribution in [0.1, 0.15) is 138 Å². The van der Waals surface area contributed by atoms with Gasteiger partial charge >= 0.3 is 18.1 Å². The number of anilines is 1. The molecule has 8 N–H and O–H groups in total. The van der Waals surface area contributed by atoms with Gasteiger partial charge in [-0.25, -0.2) is 9.59 Å². The molecule has 3 aliphatic heterocycles. The Morgan fingerprint density at radius 1 is 0.912 bits per heavy atom. The molecule has 0 radical (unpaired) electrons. The van der Waals surface area contributed by atoms with Gasteiger partial charge in [-0.2, -0.15) is 0 Å². The lowest BCUT2D eigenvalue weighted by molar-refractivity contribution is -0.144. The molecule has 0 saturated carbocycles. The minimum absolute atomic E-state index is 0.0383. The first-order valence-electron chi connectivity index (χ1n) is 27.9. The Balaban J connectivity index is 1.21. The van der Waals surface area contributed by atoms with Crippen molar-refractivity contribution in [1.82, 2.24) is 21.3 Å². The molecule has 0 unspecified atom stereocenters. The monoisotopic (exact) mass is 1180 g/mol. The van der Waals surface area contributed by atoms with Crippen LogP contribution in [0.25, 0.3) is 0 Å². The SMILES string of the molecule is CC(=O)O[C@@H](C)/C=C\C(=O)N[C@@H]1C[C@H](C)[C@H](C/C=C(C)/C=C/[C@H]2O[C@H](CC(=O)CNC(=O)OCc3ccc(NC(=O)[C@H](CCCNC(N)=O)CC(=O)[C@@H](NC(=O)CCCCCCC(=O)CBr)C(C)C)cc3)C[C@@]3(CO3)[C@@H]2O)O[C@@H]1C. The number of urea groups is 1. The number of benzene rings is 1. The molecule has 1 aromatic carbocycles. The number of allylic oxidation sites excluding steroid dienone is 2. The summed E-state index contributed by atoms with van der Waals surface area (Å²) in [6, 6.07) is 4.81. The largest absolute Gasteiger partial charge is 0.459 e. The number of nitrogens with one attached hydrogen (secondary N) is 5. The number of ether oxygens (including phenoxy) is 5. The number of carbonyl (C=O) groups is 9. The second-order valence-electron chi connectivity index (χ2n) is 21.7. The van der Waals surface area contributed by atoms with Gasteiger partial charge in [0.25, 0.3) is 0 Å². The van der Waals surface area contributed by atoms with E-state index in [1.54, 1.807) is 37.3 Å². The van der Waals surface area contributed by atoms with Gasteiger partial charge < -0.3 is 61.1 Å². The third-order valence-corrected chi connectivity index (χ3v) is 15.0. The molecule has 0 aliphatic carbocycles. The van der Waals surface area contributed by atoms with Crippen molar-refractivity contribution < 1.29 is 71.9 Å². The van der Waals surface area contributed by atoms with E-state index in [1.165, 1.54) is 19.1 Å². The fourth-order valence-corrected chi connectivity index (χ4v) is 9.94. The first-order chi connectivity index (χ1) is 38.0. The van der Waals surface area contributed by atoms with Crippen LogP contribution >= 0.6 is 15.9 Å². The van der Waals surface area contributed by atoms with Crippen molar-refractivity contribution in [2.45, 2.75) is 193 Å². The Hall–Kier alpha value is -5.81. The average Bonchev–Trinajstić information content (AvgIpc) is 4.39. The van der Waals surface area contributed by atoms with Crippen molar-refractivity contribution in [3.8, 4) is 0 Å². The lowest BCUT2D eigenvalue weighted by atomic mass is 9.87. The summed E-state index contributed by atoms with van der Waals surface area (Å²) in [6.07, 6.45) is 10.3. The molecule has 3 saturated heterocycles. The van der Waals surface area contributed by atoms with Crippen molar-refractivity contribution in [2.24, 2.45) is 23.5 Å². The predicted octanol–water partition coefficient (Wildman–Crippen LogP) is 6.27. The molecule has 0 bridgehead atoms. The first-order valence-corrected chi connectivity index (χ1v) is 29.0.